The largest absolute Gasteiger partial charge is 0.496 e. The van der Waals surface area contributed by atoms with Gasteiger partial charge in [0.1, 0.15) is 18.1 Å². The van der Waals surface area contributed by atoms with E-state index in [4.69, 9.17) is 21.7 Å². The van der Waals surface area contributed by atoms with Gasteiger partial charge in [-0.05, 0) is 71.0 Å². The number of methoxy groups -OCH3 is 1. The fraction of sp³-hybridized carbons (Fsp3) is 0.158. The lowest BCUT2D eigenvalue weighted by Gasteiger charge is -2.14. The van der Waals surface area contributed by atoms with Crippen LogP contribution in [0, 0.1) is 0 Å². The summed E-state index contributed by atoms with van der Waals surface area (Å²) in [6, 6.07) is 12.4. The van der Waals surface area contributed by atoms with Crippen LogP contribution in [0.2, 0.25) is 0 Å². The zero-order valence-corrected chi connectivity index (χ0v) is 16.9. The van der Waals surface area contributed by atoms with Gasteiger partial charge in [0.15, 0.2) is 5.11 Å². The van der Waals surface area contributed by atoms with Crippen molar-refractivity contribution < 1.29 is 14.3 Å². The summed E-state index contributed by atoms with van der Waals surface area (Å²) in [6.45, 7) is 6.10. The summed E-state index contributed by atoms with van der Waals surface area (Å²) in [5.74, 6) is 0.941. The standard InChI is InChI=1S/C19H19BrN2O3S/c1-12(2)11-25-17-7-5-4-6-15(17)21-19(26)22-18(23)13-8-9-16(24-3)14(20)10-13/h4-10H,1,11H2,2-3H3,(H2,21,22,23,26). The summed E-state index contributed by atoms with van der Waals surface area (Å²) in [4.78, 5) is 12.4. The van der Waals surface area contributed by atoms with Crippen molar-refractivity contribution in [1.82, 2.24) is 5.32 Å². The van der Waals surface area contributed by atoms with Crippen molar-refractivity contribution in [2.75, 3.05) is 19.0 Å². The van der Waals surface area contributed by atoms with Crippen LogP contribution in [-0.2, 0) is 0 Å². The lowest BCUT2D eigenvalue weighted by Crippen LogP contribution is -2.34. The van der Waals surface area contributed by atoms with Crippen LogP contribution < -0.4 is 20.1 Å². The first-order chi connectivity index (χ1) is 12.4. The van der Waals surface area contributed by atoms with Gasteiger partial charge >= 0.3 is 0 Å². The van der Waals surface area contributed by atoms with Crippen molar-refractivity contribution in [2.24, 2.45) is 0 Å². The summed E-state index contributed by atoms with van der Waals surface area (Å²) in [5.41, 5.74) is 2.02. The summed E-state index contributed by atoms with van der Waals surface area (Å²) in [5, 5.41) is 5.80. The molecule has 136 valence electrons. The summed E-state index contributed by atoms with van der Waals surface area (Å²) in [7, 11) is 1.56. The molecular weight excluding hydrogens is 416 g/mol. The summed E-state index contributed by atoms with van der Waals surface area (Å²) in [6.07, 6.45) is 0. The Morgan fingerprint density at radius 1 is 1.23 bits per heavy atom. The Morgan fingerprint density at radius 2 is 1.96 bits per heavy atom. The van der Waals surface area contributed by atoms with E-state index < -0.39 is 0 Å². The molecule has 5 nitrogen and oxygen atoms in total. The maximum Gasteiger partial charge on any atom is 0.257 e. The number of ether oxygens (including phenoxy) is 2. The van der Waals surface area contributed by atoms with E-state index in [0.29, 0.717) is 33.8 Å². The van der Waals surface area contributed by atoms with Crippen LogP contribution >= 0.6 is 28.1 Å². The Kier molecular flexibility index (Phi) is 7.17. The van der Waals surface area contributed by atoms with Crippen LogP contribution in [0.4, 0.5) is 5.69 Å². The Morgan fingerprint density at radius 3 is 2.62 bits per heavy atom. The van der Waals surface area contributed by atoms with Gasteiger partial charge in [-0.25, -0.2) is 0 Å². The van der Waals surface area contributed by atoms with Crippen molar-refractivity contribution in [3.8, 4) is 11.5 Å². The minimum Gasteiger partial charge on any atom is -0.496 e. The molecule has 2 aromatic rings. The molecular formula is C19H19BrN2O3S. The average Bonchev–Trinajstić information content (AvgIpc) is 2.60. The van der Waals surface area contributed by atoms with Crippen LogP contribution in [0.25, 0.3) is 0 Å². The molecule has 0 spiro atoms. The minimum atomic E-state index is -0.328. The first-order valence-corrected chi connectivity index (χ1v) is 8.93. The highest BCUT2D eigenvalue weighted by atomic mass is 79.9. The zero-order chi connectivity index (χ0) is 19.1. The summed E-state index contributed by atoms with van der Waals surface area (Å²) >= 11 is 8.59. The van der Waals surface area contributed by atoms with E-state index in [0.717, 1.165) is 5.57 Å². The van der Waals surface area contributed by atoms with Crippen molar-refractivity contribution in [1.29, 1.82) is 0 Å². The molecule has 2 rings (SSSR count). The minimum absolute atomic E-state index is 0.174. The zero-order valence-electron chi connectivity index (χ0n) is 14.5. The smallest absolute Gasteiger partial charge is 0.257 e. The number of rotatable bonds is 6. The first kappa shape index (κ1) is 19.9. The highest BCUT2D eigenvalue weighted by Gasteiger charge is 2.12. The van der Waals surface area contributed by atoms with E-state index in [1.165, 1.54) is 0 Å². The molecule has 0 radical (unpaired) electrons. The van der Waals surface area contributed by atoms with E-state index in [1.54, 1.807) is 25.3 Å². The lowest BCUT2D eigenvalue weighted by atomic mass is 10.2. The van der Waals surface area contributed by atoms with Gasteiger partial charge in [0, 0.05) is 5.56 Å². The number of amides is 1. The molecule has 2 aromatic carbocycles. The van der Waals surface area contributed by atoms with Crippen molar-refractivity contribution in [3.63, 3.8) is 0 Å². The van der Waals surface area contributed by atoms with E-state index in [1.807, 2.05) is 31.2 Å². The quantitative estimate of drug-likeness (QED) is 0.516. The molecule has 0 saturated heterocycles. The average molecular weight is 435 g/mol. The fourth-order valence-corrected chi connectivity index (χ4v) is 2.78. The summed E-state index contributed by atoms with van der Waals surface area (Å²) < 4.78 is 11.5. The number of anilines is 1. The number of carbonyl (C=O) groups is 1. The maximum atomic E-state index is 12.4. The van der Waals surface area contributed by atoms with Gasteiger partial charge in [-0.3, -0.25) is 10.1 Å². The van der Waals surface area contributed by atoms with Gasteiger partial charge in [-0.2, -0.15) is 0 Å². The monoisotopic (exact) mass is 434 g/mol. The van der Waals surface area contributed by atoms with Gasteiger partial charge in [0.05, 0.1) is 17.3 Å². The van der Waals surface area contributed by atoms with Crippen LogP contribution in [0.3, 0.4) is 0 Å². The number of hydrogen-bond donors (Lipinski definition) is 2. The van der Waals surface area contributed by atoms with E-state index in [-0.39, 0.29) is 11.0 Å². The second-order valence-electron chi connectivity index (χ2n) is 5.50. The van der Waals surface area contributed by atoms with E-state index >= 15 is 0 Å². The number of hydrogen-bond acceptors (Lipinski definition) is 4. The normalized spacial score (nSPS) is 9.96. The number of benzene rings is 2. The van der Waals surface area contributed by atoms with Crippen LogP contribution in [0.15, 0.2) is 59.1 Å². The SMILES string of the molecule is C=C(C)COc1ccccc1NC(=S)NC(=O)c1ccc(OC)c(Br)c1. The van der Waals surface area contributed by atoms with Crippen molar-refractivity contribution in [2.45, 2.75) is 6.92 Å². The molecule has 26 heavy (non-hydrogen) atoms. The highest BCUT2D eigenvalue weighted by molar-refractivity contribution is 9.10. The molecule has 0 fully saturated rings. The Balaban J connectivity index is 2.03. The lowest BCUT2D eigenvalue weighted by molar-refractivity contribution is 0.0977. The number of halogens is 1. The molecule has 1 amide bonds. The molecule has 0 unspecified atom stereocenters. The molecule has 0 heterocycles. The number of carbonyl (C=O) groups excluding carboxylic acids is 1. The van der Waals surface area contributed by atoms with Gasteiger partial charge in [0.2, 0.25) is 0 Å². The molecule has 2 N–H and O–H groups in total. The Labute approximate surface area is 166 Å². The van der Waals surface area contributed by atoms with E-state index in [9.17, 15) is 4.79 Å². The molecule has 0 atom stereocenters. The van der Waals surface area contributed by atoms with Gasteiger partial charge in [-0.1, -0.05) is 18.7 Å². The van der Waals surface area contributed by atoms with E-state index in [2.05, 4.69) is 33.1 Å². The van der Waals surface area contributed by atoms with Crippen LogP contribution in [0.1, 0.15) is 17.3 Å². The second-order valence-corrected chi connectivity index (χ2v) is 6.76. The number of nitrogens with one attached hydrogen (secondary N) is 2. The van der Waals surface area contributed by atoms with Gasteiger partial charge in [0.25, 0.3) is 5.91 Å². The van der Waals surface area contributed by atoms with Gasteiger partial charge in [-0.15, -0.1) is 0 Å². The topological polar surface area (TPSA) is 59.6 Å². The molecule has 0 bridgehead atoms. The molecule has 7 heteroatoms. The molecule has 0 aliphatic rings. The highest BCUT2D eigenvalue weighted by Crippen LogP contribution is 2.26. The maximum absolute atomic E-state index is 12.4. The molecule has 0 aliphatic carbocycles. The number of thiocarbonyl (C=S) groups is 1. The van der Waals surface area contributed by atoms with Crippen LogP contribution in [0.5, 0.6) is 11.5 Å². The van der Waals surface area contributed by atoms with Crippen LogP contribution in [-0.4, -0.2) is 24.7 Å². The van der Waals surface area contributed by atoms with Crippen molar-refractivity contribution in [3.05, 3.63) is 64.7 Å². The fourth-order valence-electron chi connectivity index (χ4n) is 2.03. The molecule has 0 saturated carbocycles. The third-order valence-corrected chi connectivity index (χ3v) is 4.07. The molecule has 0 aromatic heterocycles. The Hall–Kier alpha value is -2.38. The van der Waals surface area contributed by atoms with Gasteiger partial charge < -0.3 is 14.8 Å². The Bertz CT molecular complexity index is 839. The predicted molar refractivity (Wildman–Crippen MR) is 111 cm³/mol. The third-order valence-electron chi connectivity index (χ3n) is 3.25. The second kappa shape index (κ2) is 9.35. The number of para-hydroxylation sites is 2. The first-order valence-electron chi connectivity index (χ1n) is 7.72. The third kappa shape index (κ3) is 5.57. The predicted octanol–water partition coefficient (Wildman–Crippen LogP) is 4.54. The van der Waals surface area contributed by atoms with Crippen molar-refractivity contribution >= 4 is 44.9 Å². The molecule has 0 aliphatic heterocycles.